The van der Waals surface area contributed by atoms with Crippen LogP contribution in [0.3, 0.4) is 0 Å². The van der Waals surface area contributed by atoms with Crippen LogP contribution in [0.15, 0.2) is 23.4 Å². The fraction of sp³-hybridized carbons (Fsp3) is 0.222. The van der Waals surface area contributed by atoms with Crippen molar-refractivity contribution in [3.05, 3.63) is 33.8 Å². The lowest BCUT2D eigenvalue weighted by Gasteiger charge is -2.04. The molecule has 0 aromatic heterocycles. The van der Waals surface area contributed by atoms with E-state index in [9.17, 15) is 0 Å². The predicted octanol–water partition coefficient (Wildman–Crippen LogP) is 3.95. The van der Waals surface area contributed by atoms with Crippen LogP contribution in [0.1, 0.15) is 12.0 Å². The molecule has 0 amide bonds. The maximum absolute atomic E-state index is 8.34. The van der Waals surface area contributed by atoms with Gasteiger partial charge in [0.15, 0.2) is 0 Å². The second-order valence-corrected chi connectivity index (χ2v) is 3.93. The molecule has 0 saturated carbocycles. The Balaban J connectivity index is 2.76. The quantitative estimate of drug-likeness (QED) is 0.493. The lowest BCUT2D eigenvalue weighted by molar-refractivity contribution is 0.319. The van der Waals surface area contributed by atoms with Crippen molar-refractivity contribution in [2.24, 2.45) is 5.16 Å². The van der Waals surface area contributed by atoms with Crippen LogP contribution in [0.25, 0.3) is 0 Å². The molecule has 0 aliphatic heterocycles. The summed E-state index contributed by atoms with van der Waals surface area (Å²) in [5, 5.41) is 12.5. The standard InChI is InChI=1S/C9H8Cl3NO/c10-7-2-1-3-8(11)6(7)4-5-9(12)13-14/h1-3,14H,4-5H2/b13-9-. The average Bonchev–Trinajstić information content (AvgIpc) is 2.16. The molecule has 76 valence electrons. The van der Waals surface area contributed by atoms with E-state index in [1.807, 2.05) is 0 Å². The highest BCUT2D eigenvalue weighted by molar-refractivity contribution is 6.65. The van der Waals surface area contributed by atoms with Gasteiger partial charge in [-0.25, -0.2) is 0 Å². The summed E-state index contributed by atoms with van der Waals surface area (Å²) in [5.41, 5.74) is 0.817. The molecule has 0 saturated heterocycles. The third-order valence-corrected chi connectivity index (χ3v) is 2.72. The first-order chi connectivity index (χ1) is 6.65. The first-order valence-corrected chi connectivity index (χ1v) is 5.08. The molecule has 1 aromatic rings. The summed E-state index contributed by atoms with van der Waals surface area (Å²) in [6.45, 7) is 0. The Morgan fingerprint density at radius 1 is 1.29 bits per heavy atom. The zero-order chi connectivity index (χ0) is 10.6. The van der Waals surface area contributed by atoms with Crippen LogP contribution in [0.5, 0.6) is 0 Å². The van der Waals surface area contributed by atoms with Crippen LogP contribution in [-0.2, 0) is 6.42 Å². The van der Waals surface area contributed by atoms with Crippen molar-refractivity contribution in [2.45, 2.75) is 12.8 Å². The minimum Gasteiger partial charge on any atom is -0.410 e. The van der Waals surface area contributed by atoms with Crippen LogP contribution >= 0.6 is 34.8 Å². The fourth-order valence-electron chi connectivity index (χ4n) is 1.05. The van der Waals surface area contributed by atoms with Gasteiger partial charge in [-0.05, 0) is 24.1 Å². The second-order valence-electron chi connectivity index (χ2n) is 2.68. The van der Waals surface area contributed by atoms with E-state index in [1.54, 1.807) is 18.2 Å². The molecule has 0 aliphatic carbocycles. The van der Waals surface area contributed by atoms with E-state index in [0.29, 0.717) is 22.9 Å². The van der Waals surface area contributed by atoms with Gasteiger partial charge in [0.05, 0.1) is 0 Å². The van der Waals surface area contributed by atoms with E-state index < -0.39 is 0 Å². The SMILES string of the molecule is O/N=C(\Cl)CCc1c(Cl)cccc1Cl. The van der Waals surface area contributed by atoms with Gasteiger partial charge in [0, 0.05) is 16.5 Å². The van der Waals surface area contributed by atoms with Crippen molar-refractivity contribution < 1.29 is 5.21 Å². The highest BCUT2D eigenvalue weighted by atomic mass is 35.5. The lowest BCUT2D eigenvalue weighted by atomic mass is 10.1. The molecule has 0 atom stereocenters. The number of nitrogens with zero attached hydrogens (tertiary/aromatic N) is 1. The van der Waals surface area contributed by atoms with E-state index >= 15 is 0 Å². The molecule has 1 aromatic carbocycles. The molecule has 14 heavy (non-hydrogen) atoms. The number of halogens is 3. The zero-order valence-electron chi connectivity index (χ0n) is 7.17. The van der Waals surface area contributed by atoms with Crippen molar-refractivity contribution in [3.8, 4) is 0 Å². The molecule has 0 radical (unpaired) electrons. The van der Waals surface area contributed by atoms with Crippen molar-refractivity contribution in [3.63, 3.8) is 0 Å². The molecule has 0 aliphatic rings. The minimum absolute atomic E-state index is 0.140. The Labute approximate surface area is 97.1 Å². The van der Waals surface area contributed by atoms with E-state index in [-0.39, 0.29) is 5.17 Å². The third kappa shape index (κ3) is 3.05. The highest BCUT2D eigenvalue weighted by Gasteiger charge is 2.06. The zero-order valence-corrected chi connectivity index (χ0v) is 9.44. The molecule has 0 fully saturated rings. The summed E-state index contributed by atoms with van der Waals surface area (Å²) in [5.74, 6) is 0. The summed E-state index contributed by atoms with van der Waals surface area (Å²) in [6.07, 6.45) is 0.975. The first kappa shape index (κ1) is 11.6. The van der Waals surface area contributed by atoms with Gasteiger partial charge in [-0.2, -0.15) is 0 Å². The fourth-order valence-corrected chi connectivity index (χ4v) is 1.73. The summed E-state index contributed by atoms with van der Waals surface area (Å²) >= 11 is 17.4. The first-order valence-electron chi connectivity index (χ1n) is 3.94. The van der Waals surface area contributed by atoms with E-state index in [1.165, 1.54) is 0 Å². The molecule has 1 rings (SSSR count). The number of oxime groups is 1. The largest absolute Gasteiger partial charge is 0.410 e. The van der Waals surface area contributed by atoms with Crippen molar-refractivity contribution in [1.82, 2.24) is 0 Å². The van der Waals surface area contributed by atoms with Gasteiger partial charge in [-0.1, -0.05) is 46.0 Å². The number of hydrogen-bond acceptors (Lipinski definition) is 2. The molecular weight excluding hydrogens is 244 g/mol. The van der Waals surface area contributed by atoms with Crippen molar-refractivity contribution in [2.75, 3.05) is 0 Å². The lowest BCUT2D eigenvalue weighted by Crippen LogP contribution is -1.94. The molecule has 1 N–H and O–H groups in total. The maximum atomic E-state index is 8.34. The van der Waals surface area contributed by atoms with Crippen LogP contribution < -0.4 is 0 Å². The van der Waals surface area contributed by atoms with Gasteiger partial charge >= 0.3 is 0 Å². The smallest absolute Gasteiger partial charge is 0.145 e. The van der Waals surface area contributed by atoms with Gasteiger partial charge in [0.2, 0.25) is 0 Å². The maximum Gasteiger partial charge on any atom is 0.145 e. The van der Waals surface area contributed by atoms with Gasteiger partial charge in [0.1, 0.15) is 5.17 Å². The van der Waals surface area contributed by atoms with Crippen LogP contribution in [0.4, 0.5) is 0 Å². The van der Waals surface area contributed by atoms with Crippen LogP contribution in [0, 0.1) is 0 Å². The minimum atomic E-state index is 0.140. The van der Waals surface area contributed by atoms with E-state index in [4.69, 9.17) is 40.0 Å². The van der Waals surface area contributed by atoms with Gasteiger partial charge < -0.3 is 5.21 Å². The molecule has 0 bridgehead atoms. The molecular formula is C9H8Cl3NO. The summed E-state index contributed by atoms with van der Waals surface area (Å²) < 4.78 is 0. The van der Waals surface area contributed by atoms with Gasteiger partial charge in [-0.15, -0.1) is 0 Å². The monoisotopic (exact) mass is 251 g/mol. The van der Waals surface area contributed by atoms with Crippen LogP contribution in [-0.4, -0.2) is 10.4 Å². The Bertz CT molecular complexity index is 332. The molecule has 0 unspecified atom stereocenters. The van der Waals surface area contributed by atoms with Gasteiger partial charge in [0.25, 0.3) is 0 Å². The van der Waals surface area contributed by atoms with Crippen molar-refractivity contribution >= 4 is 40.0 Å². The summed E-state index contributed by atoms with van der Waals surface area (Å²) in [4.78, 5) is 0. The Kier molecular flexibility index (Phi) is 4.52. The number of benzene rings is 1. The number of rotatable bonds is 3. The average molecular weight is 253 g/mol. The summed E-state index contributed by atoms with van der Waals surface area (Å²) in [7, 11) is 0. The molecule has 0 heterocycles. The van der Waals surface area contributed by atoms with E-state index in [2.05, 4.69) is 5.16 Å². The number of hydrogen-bond donors (Lipinski definition) is 1. The third-order valence-electron chi connectivity index (χ3n) is 1.75. The Hall–Kier alpha value is -0.440. The van der Waals surface area contributed by atoms with Gasteiger partial charge in [-0.3, -0.25) is 0 Å². The predicted molar refractivity (Wildman–Crippen MR) is 59.9 cm³/mol. The molecule has 2 nitrogen and oxygen atoms in total. The highest BCUT2D eigenvalue weighted by Crippen LogP contribution is 2.25. The topological polar surface area (TPSA) is 32.6 Å². The van der Waals surface area contributed by atoms with E-state index in [0.717, 1.165) is 5.56 Å². The molecule has 0 spiro atoms. The van der Waals surface area contributed by atoms with Crippen molar-refractivity contribution in [1.29, 1.82) is 0 Å². The summed E-state index contributed by atoms with van der Waals surface area (Å²) in [6, 6.07) is 5.29. The normalized spacial score (nSPS) is 11.8. The Morgan fingerprint density at radius 3 is 2.36 bits per heavy atom. The molecule has 5 heteroatoms. The van der Waals surface area contributed by atoms with Crippen LogP contribution in [0.2, 0.25) is 10.0 Å². The Morgan fingerprint density at radius 2 is 1.86 bits per heavy atom. The second kappa shape index (κ2) is 5.44.